The van der Waals surface area contributed by atoms with Crippen molar-refractivity contribution in [2.75, 3.05) is 13.1 Å². The second kappa shape index (κ2) is 18.1. The van der Waals surface area contributed by atoms with Crippen LogP contribution in [0.15, 0.2) is 0 Å². The van der Waals surface area contributed by atoms with Gasteiger partial charge >= 0.3 is 5.97 Å². The number of nitrogens with one attached hydrogen (secondary N) is 5. The highest BCUT2D eigenvalue weighted by atomic mass is 16.4. The maximum absolute atomic E-state index is 12.8. The van der Waals surface area contributed by atoms with E-state index < -0.39 is 84.6 Å². The first-order valence-electron chi connectivity index (χ1n) is 12.6. The average molecular weight is 573 g/mol. The third-order valence-corrected chi connectivity index (χ3v) is 5.76. The number of primary amides is 2. The van der Waals surface area contributed by atoms with Crippen LogP contribution in [0, 0.1) is 5.92 Å². The average Bonchev–Trinajstić information content (AvgIpc) is 2.88. The minimum atomic E-state index is -1.38. The number of aliphatic carboxylic acids is 1. The van der Waals surface area contributed by atoms with E-state index in [1.807, 2.05) is 0 Å². The molecule has 0 aliphatic carbocycles. The number of hydrogen-bond donors (Lipinski definition) is 9. The molecule has 0 fully saturated rings. The van der Waals surface area contributed by atoms with Crippen molar-refractivity contribution in [1.29, 1.82) is 0 Å². The van der Waals surface area contributed by atoms with Gasteiger partial charge in [-0.2, -0.15) is 0 Å². The summed E-state index contributed by atoms with van der Waals surface area (Å²) in [6, 6.07) is -4.65. The molecule has 226 valence electrons. The van der Waals surface area contributed by atoms with Gasteiger partial charge in [-0.15, -0.1) is 0 Å². The van der Waals surface area contributed by atoms with Crippen molar-refractivity contribution < 1.29 is 43.5 Å². The van der Waals surface area contributed by atoms with Gasteiger partial charge in [0.2, 0.25) is 41.4 Å². The molecule has 0 aliphatic heterocycles. The van der Waals surface area contributed by atoms with Gasteiger partial charge in [-0.25, -0.2) is 4.79 Å². The van der Waals surface area contributed by atoms with Crippen molar-refractivity contribution in [3.05, 3.63) is 0 Å². The van der Waals surface area contributed by atoms with Gasteiger partial charge in [0, 0.05) is 12.8 Å². The predicted octanol–water partition coefficient (Wildman–Crippen LogP) is -4.32. The maximum Gasteiger partial charge on any atom is 0.326 e. The molecule has 0 saturated carbocycles. The van der Waals surface area contributed by atoms with Crippen LogP contribution >= 0.6 is 0 Å². The van der Waals surface area contributed by atoms with Crippen molar-refractivity contribution in [2.24, 2.45) is 23.1 Å². The summed E-state index contributed by atoms with van der Waals surface area (Å²) in [5.41, 5.74) is 15.6. The van der Waals surface area contributed by atoms with Gasteiger partial charge in [-0.05, 0) is 25.7 Å². The number of carboxylic acids is 1. The molecule has 12 N–H and O–H groups in total. The van der Waals surface area contributed by atoms with Crippen LogP contribution in [-0.2, 0) is 38.4 Å². The van der Waals surface area contributed by atoms with Crippen LogP contribution < -0.4 is 43.8 Å². The largest absolute Gasteiger partial charge is 0.480 e. The quantitative estimate of drug-likeness (QED) is 0.0717. The zero-order valence-electron chi connectivity index (χ0n) is 22.8. The van der Waals surface area contributed by atoms with Crippen molar-refractivity contribution in [2.45, 2.75) is 77.0 Å². The summed E-state index contributed by atoms with van der Waals surface area (Å²) < 4.78 is 0. The summed E-state index contributed by atoms with van der Waals surface area (Å²) >= 11 is 0. The standard InChI is InChI=1S/C23H40N8O9/c1-4-11(2)19(31-18(35)10-28-21(37)13(24)5-7-15(25)32)22(38)29-12(3)20(36)27-9-17(34)30-14(23(39)40)6-8-16(26)33/h11-14,19H,4-10,24H2,1-3H3,(H2,25,32)(H2,26,33)(H,27,36)(H,28,37)(H,29,38)(H,30,34)(H,31,35)(H,39,40)/t11-,12-,13-,14-,19-/m0/s1. The molecule has 0 unspecified atom stereocenters. The smallest absolute Gasteiger partial charge is 0.326 e. The summed E-state index contributed by atoms with van der Waals surface area (Å²) in [7, 11) is 0. The first-order chi connectivity index (χ1) is 18.6. The minimum Gasteiger partial charge on any atom is -0.480 e. The number of carbonyl (C=O) groups excluding carboxylic acids is 7. The van der Waals surface area contributed by atoms with Gasteiger partial charge in [-0.3, -0.25) is 33.6 Å². The number of hydrogen-bond acceptors (Lipinski definition) is 9. The molecule has 0 aliphatic rings. The molecule has 0 aromatic carbocycles. The van der Waals surface area contributed by atoms with Gasteiger partial charge < -0.3 is 48.9 Å². The lowest BCUT2D eigenvalue weighted by Crippen LogP contribution is -2.56. The van der Waals surface area contributed by atoms with E-state index >= 15 is 0 Å². The van der Waals surface area contributed by atoms with Crippen LogP contribution in [0.5, 0.6) is 0 Å². The van der Waals surface area contributed by atoms with Crippen LogP contribution in [0.1, 0.15) is 52.9 Å². The third-order valence-electron chi connectivity index (χ3n) is 5.76. The highest BCUT2D eigenvalue weighted by Crippen LogP contribution is 2.08. The predicted molar refractivity (Wildman–Crippen MR) is 139 cm³/mol. The minimum absolute atomic E-state index is 0.00225. The Bertz CT molecular complexity index is 959. The molecule has 0 aromatic heterocycles. The number of carboxylic acid groups (broad SMARTS) is 1. The fraction of sp³-hybridized carbons (Fsp3) is 0.652. The summed E-state index contributed by atoms with van der Waals surface area (Å²) in [6.45, 7) is 3.70. The molecule has 0 saturated heterocycles. The fourth-order valence-corrected chi connectivity index (χ4v) is 3.13. The monoisotopic (exact) mass is 572 g/mol. The molecule has 40 heavy (non-hydrogen) atoms. The number of nitrogens with two attached hydrogens (primary N) is 3. The van der Waals surface area contributed by atoms with Crippen LogP contribution in [0.25, 0.3) is 0 Å². The van der Waals surface area contributed by atoms with E-state index in [9.17, 15) is 38.4 Å². The fourth-order valence-electron chi connectivity index (χ4n) is 3.13. The van der Waals surface area contributed by atoms with Crippen molar-refractivity contribution in [1.82, 2.24) is 26.6 Å². The lowest BCUT2D eigenvalue weighted by molar-refractivity contribution is -0.142. The van der Waals surface area contributed by atoms with Crippen LogP contribution in [0.3, 0.4) is 0 Å². The Morgan fingerprint density at radius 2 is 1.23 bits per heavy atom. The highest BCUT2D eigenvalue weighted by Gasteiger charge is 2.29. The Morgan fingerprint density at radius 1 is 0.725 bits per heavy atom. The zero-order valence-corrected chi connectivity index (χ0v) is 22.8. The third kappa shape index (κ3) is 14.6. The molecule has 0 heterocycles. The Kier molecular flexibility index (Phi) is 16.2. The van der Waals surface area contributed by atoms with Crippen molar-refractivity contribution in [3.8, 4) is 0 Å². The molecule has 0 rings (SSSR count). The van der Waals surface area contributed by atoms with Gasteiger partial charge in [0.25, 0.3) is 0 Å². The summed E-state index contributed by atoms with van der Waals surface area (Å²) in [4.78, 5) is 94.5. The number of rotatable bonds is 19. The highest BCUT2D eigenvalue weighted by molar-refractivity contribution is 5.94. The van der Waals surface area contributed by atoms with E-state index in [-0.39, 0.29) is 31.6 Å². The van der Waals surface area contributed by atoms with Gasteiger partial charge in [-0.1, -0.05) is 20.3 Å². The molecule has 0 bridgehead atoms. The molecule has 0 radical (unpaired) electrons. The summed E-state index contributed by atoms with van der Waals surface area (Å²) in [5.74, 6) is -6.81. The molecule has 7 amide bonds. The molecular weight excluding hydrogens is 532 g/mol. The van der Waals surface area contributed by atoms with Crippen molar-refractivity contribution >= 4 is 47.3 Å². The molecule has 0 aromatic rings. The Labute approximate surface area is 231 Å². The van der Waals surface area contributed by atoms with Crippen LogP contribution in [-0.4, -0.2) is 89.7 Å². The van der Waals surface area contributed by atoms with E-state index in [0.717, 1.165) is 0 Å². The van der Waals surface area contributed by atoms with E-state index in [1.54, 1.807) is 13.8 Å². The Balaban J connectivity index is 4.90. The SMILES string of the molecule is CC[C@H](C)[C@H](NC(=O)CNC(=O)[C@@H](N)CCC(N)=O)C(=O)N[C@@H](C)C(=O)NCC(=O)N[C@@H](CCC(N)=O)C(=O)O. The molecule has 17 nitrogen and oxygen atoms in total. The van der Waals surface area contributed by atoms with Gasteiger partial charge in [0.05, 0.1) is 19.1 Å². The van der Waals surface area contributed by atoms with Crippen LogP contribution in [0.2, 0.25) is 0 Å². The summed E-state index contributed by atoms with van der Waals surface area (Å²) in [6.07, 6.45) is -0.127. The Morgan fingerprint density at radius 3 is 1.73 bits per heavy atom. The van der Waals surface area contributed by atoms with Crippen LogP contribution in [0.4, 0.5) is 0 Å². The molecule has 17 heteroatoms. The second-order valence-corrected chi connectivity index (χ2v) is 9.17. The summed E-state index contributed by atoms with van der Waals surface area (Å²) in [5, 5.41) is 20.8. The molecule has 5 atom stereocenters. The van der Waals surface area contributed by atoms with E-state index in [4.69, 9.17) is 22.3 Å². The first kappa shape index (κ1) is 35.7. The lowest BCUT2D eigenvalue weighted by atomic mass is 9.98. The topological polar surface area (TPSA) is 295 Å². The second-order valence-electron chi connectivity index (χ2n) is 9.17. The lowest BCUT2D eigenvalue weighted by Gasteiger charge is -2.25. The van der Waals surface area contributed by atoms with Gasteiger partial charge in [0.1, 0.15) is 18.1 Å². The zero-order chi connectivity index (χ0) is 31.0. The number of amides is 7. The van der Waals surface area contributed by atoms with E-state index in [2.05, 4.69) is 26.6 Å². The molecular formula is C23H40N8O9. The maximum atomic E-state index is 12.8. The van der Waals surface area contributed by atoms with E-state index in [0.29, 0.717) is 6.42 Å². The van der Waals surface area contributed by atoms with Gasteiger partial charge in [0.15, 0.2) is 0 Å². The normalized spacial score (nSPS) is 14.3. The number of carbonyl (C=O) groups is 8. The van der Waals surface area contributed by atoms with E-state index in [1.165, 1.54) is 6.92 Å². The first-order valence-corrected chi connectivity index (χ1v) is 12.6. The molecule has 0 spiro atoms. The van der Waals surface area contributed by atoms with Crippen molar-refractivity contribution in [3.63, 3.8) is 0 Å². The Hall–Kier alpha value is -4.28.